The lowest BCUT2D eigenvalue weighted by atomic mass is 10.1. The highest BCUT2D eigenvalue weighted by Gasteiger charge is 2.38. The second-order valence-corrected chi connectivity index (χ2v) is 6.46. The van der Waals surface area contributed by atoms with Gasteiger partial charge in [0.05, 0.1) is 23.9 Å². The van der Waals surface area contributed by atoms with Gasteiger partial charge in [0.25, 0.3) is 5.56 Å². The van der Waals surface area contributed by atoms with Crippen LogP contribution in [-0.4, -0.2) is 39.1 Å². The molecule has 0 saturated heterocycles. The minimum absolute atomic E-state index is 0.0448. The summed E-state index contributed by atoms with van der Waals surface area (Å²) in [5, 5.41) is 4.26. The number of H-pyrrole nitrogens is 1. The molecule has 0 fully saturated rings. The number of aromatic amines is 1. The van der Waals surface area contributed by atoms with Gasteiger partial charge in [0.15, 0.2) is 5.65 Å². The van der Waals surface area contributed by atoms with Crippen molar-refractivity contribution in [3.05, 3.63) is 58.0 Å². The average Bonchev–Trinajstić information content (AvgIpc) is 3.01. The molecule has 3 N–H and O–H groups in total. The van der Waals surface area contributed by atoms with Gasteiger partial charge in [0.1, 0.15) is 0 Å². The van der Waals surface area contributed by atoms with E-state index < -0.39 is 24.2 Å². The van der Waals surface area contributed by atoms with Crippen LogP contribution < -0.4 is 16.2 Å². The summed E-state index contributed by atoms with van der Waals surface area (Å²) in [5.41, 5.74) is 0.652. The van der Waals surface area contributed by atoms with E-state index in [1.54, 1.807) is 36.6 Å². The fourth-order valence-electron chi connectivity index (χ4n) is 2.75. The molecule has 0 aliphatic rings. The first-order valence-corrected chi connectivity index (χ1v) is 8.92. The third-order valence-corrected chi connectivity index (χ3v) is 4.11. The van der Waals surface area contributed by atoms with Crippen LogP contribution in [0.25, 0.3) is 11.0 Å². The predicted molar refractivity (Wildman–Crippen MR) is 106 cm³/mol. The summed E-state index contributed by atoms with van der Waals surface area (Å²) < 4.78 is 38.0. The van der Waals surface area contributed by atoms with Crippen LogP contribution in [0.5, 0.6) is 0 Å². The summed E-state index contributed by atoms with van der Waals surface area (Å²) >= 11 is 0. The number of hydrogen-bond acceptors (Lipinski definition) is 4. The quantitative estimate of drug-likeness (QED) is 0.544. The molecule has 1 aromatic carbocycles. The number of aryl methyl sites for hydroxylation is 1. The molecular weight excluding hydrogens is 415 g/mol. The number of halogens is 3. The van der Waals surface area contributed by atoms with Gasteiger partial charge in [0.2, 0.25) is 11.9 Å². The normalized spacial score (nSPS) is 11.0. The number of carbonyl (C=O) groups is 2. The molecule has 0 saturated carbocycles. The Morgan fingerprint density at radius 3 is 2.61 bits per heavy atom. The number of aromatic nitrogens is 3. The molecule has 2 heterocycles. The number of alkyl halides is 3. The Labute approximate surface area is 173 Å². The smallest absolute Gasteiger partial charge is 0.337 e. The van der Waals surface area contributed by atoms with Gasteiger partial charge in [-0.05, 0) is 5.56 Å². The monoisotopic (exact) mass is 431 g/mol. The van der Waals surface area contributed by atoms with Gasteiger partial charge in [0, 0.05) is 13.2 Å². The molecule has 2 aromatic heterocycles. The largest absolute Gasteiger partial charge is 0.471 e. The van der Waals surface area contributed by atoms with Crippen LogP contribution in [0.2, 0.25) is 0 Å². The first-order valence-electron chi connectivity index (χ1n) is 8.92. The lowest BCUT2D eigenvalue weighted by molar-refractivity contribution is -0.173. The van der Waals surface area contributed by atoms with Crippen molar-refractivity contribution in [1.82, 2.24) is 19.9 Å². The molecule has 0 bridgehead atoms. The number of benzene rings is 1. The summed E-state index contributed by atoms with van der Waals surface area (Å²) in [6.07, 6.45) is -3.43. The van der Waals surface area contributed by atoms with Crippen LogP contribution in [0.1, 0.15) is 11.1 Å². The van der Waals surface area contributed by atoms with E-state index in [0.29, 0.717) is 0 Å². The molecule has 160 valence electrons. The zero-order valence-electron chi connectivity index (χ0n) is 16.1. The molecule has 11 heteroatoms. The molecule has 3 aromatic rings. The number of hydrogen-bond donors (Lipinski definition) is 3. The number of nitrogens with one attached hydrogen (secondary N) is 3. The third kappa shape index (κ3) is 5.30. The molecule has 2 amide bonds. The molecule has 8 nitrogen and oxygen atoms in total. The highest BCUT2D eigenvalue weighted by atomic mass is 19.4. The van der Waals surface area contributed by atoms with Crippen LogP contribution in [-0.2, 0) is 23.1 Å². The van der Waals surface area contributed by atoms with E-state index in [1.807, 2.05) is 6.07 Å². The predicted octanol–water partition coefficient (Wildman–Crippen LogP) is 1.47. The fraction of sp³-hybridized carbons (Fsp3) is 0.200. The molecule has 31 heavy (non-hydrogen) atoms. The van der Waals surface area contributed by atoms with Crippen molar-refractivity contribution >= 4 is 28.8 Å². The highest BCUT2D eigenvalue weighted by molar-refractivity contribution is 5.92. The number of fused-ring (bicyclic) bond motifs is 1. The number of amides is 2. The zero-order chi connectivity index (χ0) is 22.6. The Balaban J connectivity index is 1.77. The van der Waals surface area contributed by atoms with Gasteiger partial charge < -0.3 is 9.88 Å². The summed E-state index contributed by atoms with van der Waals surface area (Å²) in [6, 6.07) is 9.01. The minimum atomic E-state index is -5.00. The average molecular weight is 431 g/mol. The molecule has 0 radical (unpaired) electrons. The highest BCUT2D eigenvalue weighted by Crippen LogP contribution is 2.16. The maximum absolute atomic E-state index is 12.5. The fourth-order valence-corrected chi connectivity index (χ4v) is 2.75. The molecular formula is C20H16F3N5O3. The van der Waals surface area contributed by atoms with E-state index in [4.69, 9.17) is 0 Å². The summed E-state index contributed by atoms with van der Waals surface area (Å²) in [6.45, 7) is -0.548. The van der Waals surface area contributed by atoms with Crippen molar-refractivity contribution in [2.75, 3.05) is 11.9 Å². The van der Waals surface area contributed by atoms with Crippen molar-refractivity contribution in [2.45, 2.75) is 12.6 Å². The molecule has 0 unspecified atom stereocenters. The molecule has 3 rings (SSSR count). The molecule has 0 aliphatic heterocycles. The van der Waals surface area contributed by atoms with Crippen LogP contribution in [0.4, 0.5) is 19.1 Å². The first-order chi connectivity index (χ1) is 14.6. The van der Waals surface area contributed by atoms with E-state index in [1.165, 1.54) is 10.8 Å². The Morgan fingerprint density at radius 2 is 1.94 bits per heavy atom. The standard InChI is InChI=1S/C20H16F3N5O3/c1-28-11-13(8-5-9-24-18(31)20(21,22)23)15-16(28)26-19(27-17(15)30)25-14(29)10-12-6-3-2-4-7-12/h2-4,6-7,11H,9-10H2,1H3,(H,24,31)(H2,25,26,27,29,30). The van der Waals surface area contributed by atoms with E-state index in [9.17, 15) is 27.6 Å². The zero-order valence-corrected chi connectivity index (χ0v) is 16.1. The minimum Gasteiger partial charge on any atom is -0.337 e. The molecule has 0 aliphatic carbocycles. The van der Waals surface area contributed by atoms with Crippen LogP contribution in [0.15, 0.2) is 41.3 Å². The first kappa shape index (κ1) is 21.6. The van der Waals surface area contributed by atoms with Crippen LogP contribution in [0, 0.1) is 11.8 Å². The van der Waals surface area contributed by atoms with Gasteiger partial charge in [-0.15, -0.1) is 0 Å². The lowest BCUT2D eigenvalue weighted by Crippen LogP contribution is -2.36. The van der Waals surface area contributed by atoms with E-state index in [2.05, 4.69) is 27.1 Å². The van der Waals surface area contributed by atoms with Crippen molar-refractivity contribution in [1.29, 1.82) is 0 Å². The van der Waals surface area contributed by atoms with Crippen molar-refractivity contribution in [3.8, 4) is 11.8 Å². The molecule has 0 spiro atoms. The Morgan fingerprint density at radius 1 is 1.23 bits per heavy atom. The summed E-state index contributed by atoms with van der Waals surface area (Å²) in [4.78, 5) is 42.1. The topological polar surface area (TPSA) is 109 Å². The Bertz CT molecular complexity index is 1250. The number of anilines is 1. The van der Waals surface area contributed by atoms with Gasteiger partial charge in [-0.1, -0.05) is 42.2 Å². The number of rotatable bonds is 4. The van der Waals surface area contributed by atoms with Gasteiger partial charge in [-0.2, -0.15) is 18.2 Å². The van der Waals surface area contributed by atoms with Crippen molar-refractivity contribution in [3.63, 3.8) is 0 Å². The maximum atomic E-state index is 12.5. The van der Waals surface area contributed by atoms with E-state index in [-0.39, 0.29) is 34.9 Å². The Hall–Kier alpha value is -4.07. The maximum Gasteiger partial charge on any atom is 0.471 e. The number of carbonyl (C=O) groups excluding carboxylic acids is 2. The Kier molecular flexibility index (Phi) is 6.10. The van der Waals surface area contributed by atoms with Crippen LogP contribution in [0.3, 0.4) is 0 Å². The van der Waals surface area contributed by atoms with Crippen molar-refractivity contribution in [2.24, 2.45) is 7.05 Å². The van der Waals surface area contributed by atoms with E-state index >= 15 is 0 Å². The lowest BCUT2D eigenvalue weighted by Gasteiger charge is -2.05. The van der Waals surface area contributed by atoms with Gasteiger partial charge in [-0.25, -0.2) is 0 Å². The number of nitrogens with zero attached hydrogens (tertiary/aromatic N) is 2. The van der Waals surface area contributed by atoms with E-state index in [0.717, 1.165) is 5.56 Å². The van der Waals surface area contributed by atoms with Crippen molar-refractivity contribution < 1.29 is 22.8 Å². The second kappa shape index (κ2) is 8.74. The second-order valence-electron chi connectivity index (χ2n) is 6.46. The van der Waals surface area contributed by atoms with Gasteiger partial charge >= 0.3 is 12.1 Å². The summed E-state index contributed by atoms with van der Waals surface area (Å²) in [5.74, 6) is 2.40. The summed E-state index contributed by atoms with van der Waals surface area (Å²) in [7, 11) is 1.60. The van der Waals surface area contributed by atoms with Crippen LogP contribution >= 0.6 is 0 Å². The van der Waals surface area contributed by atoms with Gasteiger partial charge in [-0.3, -0.25) is 24.7 Å². The SMILES string of the molecule is Cn1cc(C#CCNC(=O)C(F)(F)F)c2c(=O)[nH]c(NC(=O)Cc3ccccc3)nc21. The molecule has 0 atom stereocenters. The third-order valence-electron chi connectivity index (χ3n) is 4.11.